The minimum absolute atomic E-state index is 0.0393. The van der Waals surface area contributed by atoms with Crippen LogP contribution < -0.4 is 9.62 Å². The van der Waals surface area contributed by atoms with Gasteiger partial charge in [0.15, 0.2) is 0 Å². The molecule has 11 nitrogen and oxygen atoms in total. The van der Waals surface area contributed by atoms with Crippen LogP contribution in [0, 0.1) is 6.92 Å². The first-order valence-electron chi connectivity index (χ1n) is 15.2. The Morgan fingerprint density at radius 1 is 1.07 bits per heavy atom. The van der Waals surface area contributed by atoms with Gasteiger partial charge in [0.25, 0.3) is 21.8 Å². The van der Waals surface area contributed by atoms with Gasteiger partial charge in [0.2, 0.25) is 5.91 Å². The first kappa shape index (κ1) is 32.7. The predicted octanol–water partition coefficient (Wildman–Crippen LogP) is 3.74. The van der Waals surface area contributed by atoms with Crippen LogP contribution in [-0.2, 0) is 32.6 Å². The second-order valence-corrected chi connectivity index (χ2v) is 13.7. The topological polar surface area (TPSA) is 126 Å². The molecule has 0 bridgehead atoms. The highest BCUT2D eigenvalue weighted by molar-refractivity contribution is 7.92. The molecule has 242 valence electrons. The number of amides is 3. The van der Waals surface area contributed by atoms with Crippen LogP contribution in [0.2, 0.25) is 0 Å². The number of likely N-dealkylation sites (N-methyl/N-ethyl adjacent to an activating group) is 2. The molecule has 46 heavy (non-hydrogen) atoms. The van der Waals surface area contributed by atoms with Gasteiger partial charge in [0.05, 0.1) is 28.3 Å². The van der Waals surface area contributed by atoms with Crippen LogP contribution in [0.5, 0.6) is 0 Å². The highest BCUT2D eigenvalue weighted by Crippen LogP contribution is 2.37. The van der Waals surface area contributed by atoms with Crippen molar-refractivity contribution in [2.75, 3.05) is 56.9 Å². The number of carbonyl (C=O) groups excluding carboxylic acids is 3. The van der Waals surface area contributed by atoms with Crippen LogP contribution in [0.1, 0.15) is 45.4 Å². The minimum atomic E-state index is -3.95. The Morgan fingerprint density at radius 2 is 1.78 bits per heavy atom. The monoisotopic (exact) mass is 644 g/mol. The molecule has 2 aliphatic rings. The van der Waals surface area contributed by atoms with E-state index in [0.717, 1.165) is 25.1 Å². The third kappa shape index (κ3) is 6.22. The van der Waals surface area contributed by atoms with Crippen molar-refractivity contribution in [3.63, 3.8) is 0 Å². The molecule has 1 saturated heterocycles. The summed E-state index contributed by atoms with van der Waals surface area (Å²) >= 11 is 0. The molecule has 0 radical (unpaired) electrons. The molecule has 0 saturated carbocycles. The van der Waals surface area contributed by atoms with E-state index in [1.165, 1.54) is 34.5 Å². The number of benzene rings is 2. The fourth-order valence-corrected chi connectivity index (χ4v) is 6.97. The Kier molecular flexibility index (Phi) is 9.22. The Balaban J connectivity index is 1.55. The Bertz CT molecular complexity index is 1850. The van der Waals surface area contributed by atoms with E-state index < -0.39 is 15.9 Å². The van der Waals surface area contributed by atoms with Crippen molar-refractivity contribution in [3.05, 3.63) is 88.8 Å². The SMILES string of the molecule is C=CC(=O)N(C)Cc1[nH]c(/C=C2\C(=O)Nc3ccc(S(=O)(=O)N(C)c4cccc(CC)c4)cc32)c(C)c1C(=O)N1CCN(C)CC1. The molecular weight excluding hydrogens is 604 g/mol. The lowest BCUT2D eigenvalue weighted by molar-refractivity contribution is -0.125. The molecular formula is C34H40N6O5S. The predicted molar refractivity (Wildman–Crippen MR) is 180 cm³/mol. The van der Waals surface area contributed by atoms with E-state index in [1.807, 2.05) is 32.2 Å². The highest BCUT2D eigenvalue weighted by Gasteiger charge is 2.31. The van der Waals surface area contributed by atoms with Gasteiger partial charge in [-0.1, -0.05) is 25.6 Å². The van der Waals surface area contributed by atoms with Gasteiger partial charge in [-0.2, -0.15) is 0 Å². The summed E-state index contributed by atoms with van der Waals surface area (Å²) in [4.78, 5) is 48.2. The summed E-state index contributed by atoms with van der Waals surface area (Å²) in [5.74, 6) is -0.842. The maximum absolute atomic E-state index is 13.9. The third-order valence-corrected chi connectivity index (χ3v) is 10.5. The average molecular weight is 645 g/mol. The van der Waals surface area contributed by atoms with E-state index in [1.54, 1.807) is 37.1 Å². The number of carbonyl (C=O) groups is 3. The normalized spacial score (nSPS) is 15.9. The van der Waals surface area contributed by atoms with Gasteiger partial charge in [-0.05, 0) is 74.0 Å². The van der Waals surface area contributed by atoms with Crippen LogP contribution in [0.4, 0.5) is 11.4 Å². The molecule has 2 aromatic carbocycles. The van der Waals surface area contributed by atoms with E-state index in [9.17, 15) is 22.8 Å². The molecule has 0 aliphatic carbocycles. The first-order chi connectivity index (χ1) is 21.8. The van der Waals surface area contributed by atoms with Crippen LogP contribution in [0.15, 0.2) is 60.0 Å². The fraction of sp³-hybridized carbons (Fsp3) is 0.324. The summed E-state index contributed by atoms with van der Waals surface area (Å²) in [6, 6.07) is 11.9. The van der Waals surface area contributed by atoms with Gasteiger partial charge in [0, 0.05) is 62.9 Å². The Labute approximate surface area is 270 Å². The molecule has 2 N–H and O–H groups in total. The zero-order chi connectivity index (χ0) is 33.3. The fourth-order valence-electron chi connectivity index (χ4n) is 5.76. The van der Waals surface area contributed by atoms with Crippen LogP contribution in [0.3, 0.4) is 0 Å². The number of anilines is 2. The first-order valence-corrected chi connectivity index (χ1v) is 16.6. The quantitative estimate of drug-likeness (QED) is 0.342. The van der Waals surface area contributed by atoms with Crippen molar-refractivity contribution >= 4 is 50.8 Å². The molecule has 1 fully saturated rings. The number of hydrogen-bond acceptors (Lipinski definition) is 6. The standard InChI is InChI=1S/C34H40N6O5S/c1-7-23-10-9-11-24(18-23)39(6)46(44,45)25-12-13-28-26(19-25)27(33(42)36-28)20-29-22(3)32(30(35-29)21-38(5)31(41)8-2)34(43)40-16-14-37(4)15-17-40/h8-13,18-20,35H,2,7,14-17,21H2,1,3-6H3,(H,36,42)/b27-20-. The summed E-state index contributed by atoms with van der Waals surface area (Å²) < 4.78 is 28.7. The van der Waals surface area contributed by atoms with Crippen molar-refractivity contribution in [1.29, 1.82) is 0 Å². The van der Waals surface area contributed by atoms with E-state index in [4.69, 9.17) is 0 Å². The number of H-pyrrole nitrogens is 1. The van der Waals surface area contributed by atoms with Crippen molar-refractivity contribution in [3.8, 4) is 0 Å². The second kappa shape index (κ2) is 13.0. The zero-order valence-electron chi connectivity index (χ0n) is 26.9. The molecule has 5 rings (SSSR count). The van der Waals surface area contributed by atoms with Gasteiger partial charge in [0.1, 0.15) is 0 Å². The van der Waals surface area contributed by atoms with Crippen molar-refractivity contribution in [2.45, 2.75) is 31.7 Å². The minimum Gasteiger partial charge on any atom is -0.357 e. The van der Waals surface area contributed by atoms with Gasteiger partial charge in [-0.15, -0.1) is 0 Å². The lowest BCUT2D eigenvalue weighted by Gasteiger charge is -2.32. The number of nitrogens with one attached hydrogen (secondary N) is 2. The van der Waals surface area contributed by atoms with Crippen LogP contribution in [-0.4, -0.2) is 93.1 Å². The molecule has 3 heterocycles. The van der Waals surface area contributed by atoms with Crippen LogP contribution in [0.25, 0.3) is 11.6 Å². The smallest absolute Gasteiger partial charge is 0.264 e. The van der Waals surface area contributed by atoms with E-state index in [2.05, 4.69) is 21.8 Å². The second-order valence-electron chi connectivity index (χ2n) is 11.7. The van der Waals surface area contributed by atoms with Gasteiger partial charge in [-0.25, -0.2) is 8.42 Å². The van der Waals surface area contributed by atoms with Gasteiger partial charge < -0.3 is 25.0 Å². The summed E-state index contributed by atoms with van der Waals surface area (Å²) in [5.41, 5.74) is 4.87. The third-order valence-electron chi connectivity index (χ3n) is 8.72. The summed E-state index contributed by atoms with van der Waals surface area (Å²) in [5, 5.41) is 2.82. The molecule has 3 aromatic rings. The largest absolute Gasteiger partial charge is 0.357 e. The lowest BCUT2D eigenvalue weighted by atomic mass is 10.0. The highest BCUT2D eigenvalue weighted by atomic mass is 32.2. The molecule has 1 aromatic heterocycles. The maximum Gasteiger partial charge on any atom is 0.264 e. The Hall–Kier alpha value is -4.68. The van der Waals surface area contributed by atoms with E-state index >= 15 is 0 Å². The number of piperazine rings is 1. The van der Waals surface area contributed by atoms with Crippen LogP contribution >= 0.6 is 0 Å². The molecule has 12 heteroatoms. The summed E-state index contributed by atoms with van der Waals surface area (Å²) in [6.45, 7) is 10.1. The maximum atomic E-state index is 13.9. The number of aromatic nitrogens is 1. The molecule has 2 aliphatic heterocycles. The number of nitrogens with zero attached hydrogens (tertiary/aromatic N) is 4. The van der Waals surface area contributed by atoms with E-state index in [-0.39, 0.29) is 28.8 Å². The molecule has 3 amide bonds. The van der Waals surface area contributed by atoms with Crippen molar-refractivity contribution in [2.24, 2.45) is 0 Å². The van der Waals surface area contributed by atoms with Gasteiger partial charge in [-0.3, -0.25) is 18.7 Å². The van der Waals surface area contributed by atoms with E-state index in [0.29, 0.717) is 52.5 Å². The number of fused-ring (bicyclic) bond motifs is 1. The Morgan fingerprint density at radius 3 is 2.46 bits per heavy atom. The molecule has 0 atom stereocenters. The molecule has 0 unspecified atom stereocenters. The zero-order valence-corrected chi connectivity index (χ0v) is 27.7. The van der Waals surface area contributed by atoms with Crippen molar-refractivity contribution < 1.29 is 22.8 Å². The summed E-state index contributed by atoms with van der Waals surface area (Å²) in [7, 11) is 1.19. The lowest BCUT2D eigenvalue weighted by Crippen LogP contribution is -2.47. The number of aromatic amines is 1. The average Bonchev–Trinajstić information content (AvgIpc) is 3.53. The number of hydrogen-bond donors (Lipinski definition) is 2. The number of sulfonamides is 1. The molecule has 0 spiro atoms. The summed E-state index contributed by atoms with van der Waals surface area (Å²) in [6.07, 6.45) is 3.62. The van der Waals surface area contributed by atoms with Crippen molar-refractivity contribution in [1.82, 2.24) is 19.7 Å². The number of aryl methyl sites for hydroxylation is 1. The van der Waals surface area contributed by atoms with Gasteiger partial charge >= 0.3 is 0 Å². The number of rotatable bonds is 9.